The van der Waals surface area contributed by atoms with Gasteiger partial charge in [-0.15, -0.1) is 0 Å². The van der Waals surface area contributed by atoms with Crippen LogP contribution >= 0.6 is 0 Å². The molecule has 0 aliphatic carbocycles. The topological polar surface area (TPSA) is 67.9 Å². The van der Waals surface area contributed by atoms with Gasteiger partial charge in [0.25, 0.3) is 11.8 Å². The number of rotatable bonds is 6. The predicted octanol–water partition coefficient (Wildman–Crippen LogP) is 2.52. The molecule has 1 N–H and O–H groups in total. The van der Waals surface area contributed by atoms with Crippen LogP contribution in [0.25, 0.3) is 0 Å². The van der Waals surface area contributed by atoms with Crippen LogP contribution in [-0.2, 0) is 9.59 Å². The van der Waals surface area contributed by atoms with Crippen LogP contribution in [0.2, 0.25) is 0 Å². The van der Waals surface area contributed by atoms with Gasteiger partial charge in [0.05, 0.1) is 12.2 Å². The van der Waals surface area contributed by atoms with Crippen LogP contribution in [0.3, 0.4) is 0 Å². The van der Waals surface area contributed by atoms with Crippen LogP contribution in [-0.4, -0.2) is 37.6 Å². The van der Waals surface area contributed by atoms with E-state index in [1.165, 1.54) is 17.0 Å². The largest absolute Gasteiger partial charge is 0.481 e. The molecule has 2 aromatic carbocycles. The molecule has 27 heavy (non-hydrogen) atoms. The van der Waals surface area contributed by atoms with Crippen molar-refractivity contribution in [3.63, 3.8) is 0 Å². The quantitative estimate of drug-likeness (QED) is 0.846. The van der Waals surface area contributed by atoms with Crippen LogP contribution in [0, 0.1) is 5.82 Å². The highest BCUT2D eigenvalue weighted by Gasteiger charge is 2.33. The van der Waals surface area contributed by atoms with Gasteiger partial charge < -0.3 is 19.7 Å². The second kappa shape index (κ2) is 8.53. The maximum atomic E-state index is 13.7. The van der Waals surface area contributed by atoms with Gasteiger partial charge in [0.1, 0.15) is 5.75 Å². The number of amides is 2. The molecule has 0 bridgehead atoms. The van der Waals surface area contributed by atoms with Crippen molar-refractivity contribution in [3.8, 4) is 11.5 Å². The van der Waals surface area contributed by atoms with Gasteiger partial charge in [0.2, 0.25) is 0 Å². The molecular weight excluding hydrogens is 351 g/mol. The molecule has 1 atom stereocenters. The Labute approximate surface area is 156 Å². The van der Waals surface area contributed by atoms with E-state index in [4.69, 9.17) is 9.47 Å². The van der Waals surface area contributed by atoms with Crippen LogP contribution in [0.5, 0.6) is 11.5 Å². The van der Waals surface area contributed by atoms with Crippen molar-refractivity contribution in [1.82, 2.24) is 5.32 Å². The van der Waals surface area contributed by atoms with Crippen molar-refractivity contribution >= 4 is 17.5 Å². The van der Waals surface area contributed by atoms with Crippen molar-refractivity contribution in [3.05, 3.63) is 54.3 Å². The van der Waals surface area contributed by atoms with E-state index in [1.54, 1.807) is 36.4 Å². The molecular formula is C20H21FN2O4. The van der Waals surface area contributed by atoms with E-state index in [9.17, 15) is 14.0 Å². The molecule has 1 aliphatic heterocycles. The monoisotopic (exact) mass is 372 g/mol. The van der Waals surface area contributed by atoms with Crippen molar-refractivity contribution in [2.75, 3.05) is 24.6 Å². The van der Waals surface area contributed by atoms with Gasteiger partial charge in [-0.2, -0.15) is 0 Å². The van der Waals surface area contributed by atoms with Gasteiger partial charge in [-0.05, 0) is 30.7 Å². The first-order valence-corrected chi connectivity index (χ1v) is 8.81. The fourth-order valence-electron chi connectivity index (χ4n) is 2.75. The average molecular weight is 372 g/mol. The minimum atomic E-state index is -0.816. The van der Waals surface area contributed by atoms with Crippen LogP contribution in [0.15, 0.2) is 48.5 Å². The molecule has 0 spiro atoms. The molecule has 6 nitrogen and oxygen atoms in total. The SMILES string of the molecule is CCCNC(=O)[C@@H]1CN(C(=O)COc2ccccc2F)c2ccccc2O1. The number of benzene rings is 2. The van der Waals surface area contributed by atoms with E-state index in [0.29, 0.717) is 18.0 Å². The van der Waals surface area contributed by atoms with E-state index in [-0.39, 0.29) is 30.7 Å². The molecule has 0 radical (unpaired) electrons. The van der Waals surface area contributed by atoms with E-state index in [1.807, 2.05) is 6.92 Å². The molecule has 0 unspecified atom stereocenters. The van der Waals surface area contributed by atoms with Crippen molar-refractivity contribution in [2.24, 2.45) is 0 Å². The molecule has 0 saturated carbocycles. The number of fused-ring (bicyclic) bond motifs is 1. The third-order valence-corrected chi connectivity index (χ3v) is 4.10. The molecule has 2 amide bonds. The lowest BCUT2D eigenvalue weighted by atomic mass is 10.1. The molecule has 0 fully saturated rings. The molecule has 7 heteroatoms. The summed E-state index contributed by atoms with van der Waals surface area (Å²) < 4.78 is 24.8. The highest BCUT2D eigenvalue weighted by atomic mass is 19.1. The number of para-hydroxylation sites is 3. The molecule has 0 saturated heterocycles. The first kappa shape index (κ1) is 18.7. The summed E-state index contributed by atoms with van der Waals surface area (Å²) in [6, 6.07) is 12.9. The summed E-state index contributed by atoms with van der Waals surface area (Å²) in [6.45, 7) is 2.20. The van der Waals surface area contributed by atoms with Crippen molar-refractivity contribution in [2.45, 2.75) is 19.4 Å². The Morgan fingerprint density at radius 2 is 1.96 bits per heavy atom. The van der Waals surface area contributed by atoms with Gasteiger partial charge in [-0.25, -0.2) is 4.39 Å². The van der Waals surface area contributed by atoms with Crippen LogP contribution < -0.4 is 19.7 Å². The lowest BCUT2D eigenvalue weighted by Gasteiger charge is -2.34. The number of carbonyl (C=O) groups is 2. The maximum absolute atomic E-state index is 13.7. The van der Waals surface area contributed by atoms with E-state index < -0.39 is 11.9 Å². The Morgan fingerprint density at radius 3 is 2.74 bits per heavy atom. The molecule has 1 heterocycles. The molecule has 3 rings (SSSR count). The number of halogens is 1. The number of hydrogen-bond acceptors (Lipinski definition) is 4. The Kier molecular flexibility index (Phi) is 5.90. The summed E-state index contributed by atoms with van der Waals surface area (Å²) in [5.74, 6) is -0.754. The lowest BCUT2D eigenvalue weighted by Crippen LogP contribution is -2.51. The Hall–Kier alpha value is -3.09. The summed E-state index contributed by atoms with van der Waals surface area (Å²) >= 11 is 0. The zero-order valence-electron chi connectivity index (χ0n) is 15.0. The zero-order chi connectivity index (χ0) is 19.2. The molecule has 142 valence electrons. The van der Waals surface area contributed by atoms with Gasteiger partial charge >= 0.3 is 0 Å². The van der Waals surface area contributed by atoms with E-state index >= 15 is 0 Å². The summed E-state index contributed by atoms with van der Waals surface area (Å²) in [5, 5.41) is 2.77. The summed E-state index contributed by atoms with van der Waals surface area (Å²) in [4.78, 5) is 26.5. The Morgan fingerprint density at radius 1 is 1.22 bits per heavy atom. The second-order valence-corrected chi connectivity index (χ2v) is 6.09. The average Bonchev–Trinajstić information content (AvgIpc) is 2.70. The van der Waals surface area contributed by atoms with Gasteiger partial charge in [0.15, 0.2) is 24.3 Å². The molecule has 0 aromatic heterocycles. The Bertz CT molecular complexity index is 827. The number of nitrogens with zero attached hydrogens (tertiary/aromatic N) is 1. The van der Waals surface area contributed by atoms with Crippen LogP contribution in [0.4, 0.5) is 10.1 Å². The first-order chi connectivity index (χ1) is 13.1. The summed E-state index contributed by atoms with van der Waals surface area (Å²) in [6.07, 6.45) is -0.0161. The second-order valence-electron chi connectivity index (χ2n) is 6.09. The predicted molar refractivity (Wildman–Crippen MR) is 98.4 cm³/mol. The van der Waals surface area contributed by atoms with Gasteiger partial charge in [0, 0.05) is 6.54 Å². The zero-order valence-corrected chi connectivity index (χ0v) is 15.0. The van der Waals surface area contributed by atoms with E-state index in [2.05, 4.69) is 5.32 Å². The van der Waals surface area contributed by atoms with Gasteiger partial charge in [-0.1, -0.05) is 31.2 Å². The first-order valence-electron chi connectivity index (χ1n) is 8.81. The number of carbonyl (C=O) groups excluding carboxylic acids is 2. The van der Waals surface area contributed by atoms with Gasteiger partial charge in [-0.3, -0.25) is 9.59 Å². The maximum Gasteiger partial charge on any atom is 0.265 e. The van der Waals surface area contributed by atoms with Crippen molar-refractivity contribution in [1.29, 1.82) is 0 Å². The van der Waals surface area contributed by atoms with Crippen molar-refractivity contribution < 1.29 is 23.5 Å². The highest BCUT2D eigenvalue weighted by Crippen LogP contribution is 2.33. The number of ether oxygens (including phenoxy) is 2. The molecule has 2 aromatic rings. The number of nitrogens with one attached hydrogen (secondary N) is 1. The van der Waals surface area contributed by atoms with E-state index in [0.717, 1.165) is 6.42 Å². The minimum Gasteiger partial charge on any atom is -0.481 e. The summed E-state index contributed by atoms with van der Waals surface area (Å²) in [7, 11) is 0. The third-order valence-electron chi connectivity index (χ3n) is 4.10. The fraction of sp³-hybridized carbons (Fsp3) is 0.300. The molecule has 1 aliphatic rings. The van der Waals surface area contributed by atoms with Crippen LogP contribution in [0.1, 0.15) is 13.3 Å². The Balaban J connectivity index is 1.74. The normalized spacial score (nSPS) is 15.5. The number of hydrogen-bond donors (Lipinski definition) is 1. The number of anilines is 1. The third kappa shape index (κ3) is 4.36. The highest BCUT2D eigenvalue weighted by molar-refractivity contribution is 5.98. The minimum absolute atomic E-state index is 0.00429. The summed E-state index contributed by atoms with van der Waals surface area (Å²) in [5.41, 5.74) is 0.555. The smallest absolute Gasteiger partial charge is 0.265 e. The fourth-order valence-corrected chi connectivity index (χ4v) is 2.75. The standard InChI is InChI=1S/C20H21FN2O4/c1-2-11-22-20(25)18-12-23(15-8-4-6-10-17(15)27-18)19(24)13-26-16-9-5-3-7-14(16)21/h3-10,18H,2,11-13H2,1H3,(H,22,25)/t18-/m0/s1. The lowest BCUT2D eigenvalue weighted by molar-refractivity contribution is -0.128.